The first kappa shape index (κ1) is 11.5. The molecule has 0 N–H and O–H groups in total. The lowest BCUT2D eigenvalue weighted by molar-refractivity contribution is -0.239. The van der Waals surface area contributed by atoms with Crippen molar-refractivity contribution < 1.29 is 19.0 Å². The number of rotatable bonds is 2. The minimum Gasteiger partial charge on any atom is -0.462 e. The van der Waals surface area contributed by atoms with Gasteiger partial charge in [0.1, 0.15) is 0 Å². The van der Waals surface area contributed by atoms with Crippen LogP contribution in [0.5, 0.6) is 0 Å². The van der Waals surface area contributed by atoms with Crippen molar-refractivity contribution >= 4 is 5.97 Å². The highest BCUT2D eigenvalue weighted by atomic mass is 16.8. The lowest BCUT2D eigenvalue weighted by Gasteiger charge is -2.36. The summed E-state index contributed by atoms with van der Waals surface area (Å²) in [4.78, 5) is 11.7. The highest BCUT2D eigenvalue weighted by Gasteiger charge is 2.55. The second kappa shape index (κ2) is 3.87. The van der Waals surface area contributed by atoms with Crippen LogP contribution in [0.15, 0.2) is 0 Å². The molecule has 0 radical (unpaired) electrons. The van der Waals surface area contributed by atoms with E-state index in [2.05, 4.69) is 0 Å². The van der Waals surface area contributed by atoms with Crippen LogP contribution in [0.25, 0.3) is 0 Å². The topological polar surface area (TPSA) is 44.8 Å². The zero-order chi connectivity index (χ0) is 10.8. The number of carbonyl (C=O) groups is 1. The maximum Gasteiger partial charge on any atom is 0.367 e. The van der Waals surface area contributed by atoms with E-state index in [9.17, 15) is 4.79 Å². The van der Waals surface area contributed by atoms with E-state index >= 15 is 0 Å². The van der Waals surface area contributed by atoms with Gasteiger partial charge in [0.05, 0.1) is 19.8 Å². The minimum absolute atomic E-state index is 0.337. The molecule has 1 aliphatic heterocycles. The molecule has 82 valence electrons. The van der Waals surface area contributed by atoms with E-state index in [1.807, 2.05) is 20.8 Å². The quantitative estimate of drug-likeness (QED) is 0.634. The second-order valence-electron chi connectivity index (χ2n) is 4.28. The van der Waals surface area contributed by atoms with E-state index in [1.54, 1.807) is 6.92 Å². The van der Waals surface area contributed by atoms with Gasteiger partial charge in [0.15, 0.2) is 0 Å². The fourth-order valence-corrected chi connectivity index (χ4v) is 1.50. The summed E-state index contributed by atoms with van der Waals surface area (Å²) in [6.07, 6.45) is 0. The Morgan fingerprint density at radius 2 is 1.86 bits per heavy atom. The standard InChI is InChI=1S/C10H18O4/c1-5-12-8(11)10(9(2,3)4)13-6-7-14-10/h5-7H2,1-4H3. The first-order chi connectivity index (χ1) is 6.44. The summed E-state index contributed by atoms with van der Waals surface area (Å²) in [6.45, 7) is 8.68. The van der Waals surface area contributed by atoms with Gasteiger partial charge in [-0.2, -0.15) is 0 Å². The highest BCUT2D eigenvalue weighted by molar-refractivity contribution is 5.79. The summed E-state index contributed by atoms with van der Waals surface area (Å²) in [5, 5.41) is 0. The summed E-state index contributed by atoms with van der Waals surface area (Å²) in [7, 11) is 0. The molecular formula is C10H18O4. The zero-order valence-corrected chi connectivity index (χ0v) is 9.25. The molecule has 0 spiro atoms. The molecule has 1 rings (SSSR count). The summed E-state index contributed by atoms with van der Waals surface area (Å²) in [6, 6.07) is 0. The zero-order valence-electron chi connectivity index (χ0n) is 9.25. The van der Waals surface area contributed by atoms with E-state index in [0.717, 1.165) is 0 Å². The second-order valence-corrected chi connectivity index (χ2v) is 4.28. The van der Waals surface area contributed by atoms with Gasteiger partial charge in [0.2, 0.25) is 0 Å². The Kier molecular flexibility index (Phi) is 3.17. The minimum atomic E-state index is -1.22. The third kappa shape index (κ3) is 1.77. The van der Waals surface area contributed by atoms with Gasteiger partial charge >= 0.3 is 5.97 Å². The summed E-state index contributed by atoms with van der Waals surface area (Å²) in [5.41, 5.74) is -0.421. The molecule has 0 bridgehead atoms. The molecule has 1 saturated heterocycles. The van der Waals surface area contributed by atoms with Crippen LogP contribution in [0.3, 0.4) is 0 Å². The summed E-state index contributed by atoms with van der Waals surface area (Å²) >= 11 is 0. The van der Waals surface area contributed by atoms with Gasteiger partial charge in [-0.3, -0.25) is 0 Å². The number of hydrogen-bond donors (Lipinski definition) is 0. The van der Waals surface area contributed by atoms with Crippen LogP contribution in [-0.4, -0.2) is 31.6 Å². The molecule has 0 amide bonds. The average Bonchev–Trinajstić information content (AvgIpc) is 2.51. The Bertz CT molecular complexity index is 211. The van der Waals surface area contributed by atoms with Gasteiger partial charge in [-0.1, -0.05) is 20.8 Å². The van der Waals surface area contributed by atoms with Gasteiger partial charge in [0.25, 0.3) is 5.79 Å². The van der Waals surface area contributed by atoms with Crippen LogP contribution in [0.2, 0.25) is 0 Å². The van der Waals surface area contributed by atoms with Crippen molar-refractivity contribution in [3.05, 3.63) is 0 Å². The summed E-state index contributed by atoms with van der Waals surface area (Å²) in [5.74, 6) is -1.65. The number of carbonyl (C=O) groups excluding carboxylic acids is 1. The molecule has 4 nitrogen and oxygen atoms in total. The van der Waals surface area contributed by atoms with Crippen LogP contribution in [0, 0.1) is 5.41 Å². The van der Waals surface area contributed by atoms with Crippen molar-refractivity contribution in [2.24, 2.45) is 5.41 Å². The lowest BCUT2D eigenvalue weighted by Crippen LogP contribution is -2.52. The van der Waals surface area contributed by atoms with Crippen molar-refractivity contribution in [1.82, 2.24) is 0 Å². The van der Waals surface area contributed by atoms with Gasteiger partial charge in [-0.25, -0.2) is 4.79 Å². The fourth-order valence-electron chi connectivity index (χ4n) is 1.50. The third-order valence-electron chi connectivity index (χ3n) is 2.23. The molecule has 0 aromatic carbocycles. The van der Waals surface area contributed by atoms with Crippen LogP contribution in [-0.2, 0) is 19.0 Å². The molecule has 0 aromatic heterocycles. The molecule has 0 atom stereocenters. The van der Waals surface area contributed by atoms with Gasteiger partial charge in [0, 0.05) is 5.41 Å². The maximum atomic E-state index is 11.7. The normalized spacial score (nSPS) is 20.9. The molecule has 4 heteroatoms. The fraction of sp³-hybridized carbons (Fsp3) is 0.900. The Morgan fingerprint density at radius 3 is 2.21 bits per heavy atom. The van der Waals surface area contributed by atoms with E-state index in [0.29, 0.717) is 19.8 Å². The Hall–Kier alpha value is -0.610. The predicted molar refractivity (Wildman–Crippen MR) is 50.7 cm³/mol. The molecule has 1 heterocycles. The maximum absolute atomic E-state index is 11.7. The molecule has 0 aliphatic carbocycles. The molecule has 0 aromatic rings. The van der Waals surface area contributed by atoms with Gasteiger partial charge in [-0.15, -0.1) is 0 Å². The summed E-state index contributed by atoms with van der Waals surface area (Å²) < 4.78 is 15.8. The monoisotopic (exact) mass is 202 g/mol. The van der Waals surface area contributed by atoms with Gasteiger partial charge < -0.3 is 14.2 Å². The van der Waals surface area contributed by atoms with Crippen LogP contribution < -0.4 is 0 Å². The van der Waals surface area contributed by atoms with Crippen molar-refractivity contribution in [2.45, 2.75) is 33.5 Å². The third-order valence-corrected chi connectivity index (χ3v) is 2.23. The van der Waals surface area contributed by atoms with E-state index in [1.165, 1.54) is 0 Å². The lowest BCUT2D eigenvalue weighted by atomic mass is 9.85. The largest absolute Gasteiger partial charge is 0.462 e. The van der Waals surface area contributed by atoms with Gasteiger partial charge in [-0.05, 0) is 6.92 Å². The van der Waals surface area contributed by atoms with Crippen molar-refractivity contribution in [3.63, 3.8) is 0 Å². The highest BCUT2D eigenvalue weighted by Crippen LogP contribution is 2.38. The van der Waals surface area contributed by atoms with E-state index in [4.69, 9.17) is 14.2 Å². The molecule has 0 saturated carbocycles. The molecule has 1 fully saturated rings. The predicted octanol–water partition coefficient (Wildman–Crippen LogP) is 1.34. The van der Waals surface area contributed by atoms with E-state index < -0.39 is 17.2 Å². The number of hydrogen-bond acceptors (Lipinski definition) is 4. The first-order valence-corrected chi connectivity index (χ1v) is 4.89. The van der Waals surface area contributed by atoms with Crippen LogP contribution in [0.4, 0.5) is 0 Å². The Morgan fingerprint density at radius 1 is 1.36 bits per heavy atom. The van der Waals surface area contributed by atoms with Crippen molar-refractivity contribution in [3.8, 4) is 0 Å². The Labute approximate surface area is 84.5 Å². The smallest absolute Gasteiger partial charge is 0.367 e. The average molecular weight is 202 g/mol. The van der Waals surface area contributed by atoms with Crippen LogP contribution >= 0.6 is 0 Å². The van der Waals surface area contributed by atoms with E-state index in [-0.39, 0.29) is 0 Å². The van der Waals surface area contributed by atoms with Crippen molar-refractivity contribution in [1.29, 1.82) is 0 Å². The SMILES string of the molecule is CCOC(=O)C1(C(C)(C)C)OCCO1. The first-order valence-electron chi connectivity index (χ1n) is 4.89. The Balaban J connectivity index is 2.87. The molecular weight excluding hydrogens is 184 g/mol. The van der Waals surface area contributed by atoms with Crippen LogP contribution in [0.1, 0.15) is 27.7 Å². The molecule has 1 aliphatic rings. The molecule has 14 heavy (non-hydrogen) atoms. The van der Waals surface area contributed by atoms with Crippen molar-refractivity contribution in [2.75, 3.05) is 19.8 Å². The number of ether oxygens (including phenoxy) is 3. The molecule has 0 unspecified atom stereocenters. The number of esters is 1.